The molecule has 1 aromatic carbocycles. The number of hydrogen-bond acceptors (Lipinski definition) is 3. The molecule has 0 aliphatic rings. The van der Waals surface area contributed by atoms with Gasteiger partial charge in [0.05, 0.1) is 11.8 Å². The first-order valence-corrected chi connectivity index (χ1v) is 6.03. The molecule has 18 heavy (non-hydrogen) atoms. The van der Waals surface area contributed by atoms with E-state index in [0.717, 1.165) is 35.3 Å². The molecule has 0 saturated heterocycles. The van der Waals surface area contributed by atoms with Crippen LogP contribution in [0.1, 0.15) is 5.76 Å². The van der Waals surface area contributed by atoms with Gasteiger partial charge in [-0.25, -0.2) is 0 Å². The molecule has 0 amide bonds. The summed E-state index contributed by atoms with van der Waals surface area (Å²) in [5, 5.41) is 4.58. The van der Waals surface area contributed by atoms with Crippen LogP contribution in [0.15, 0.2) is 59.3 Å². The van der Waals surface area contributed by atoms with Gasteiger partial charge < -0.3 is 9.73 Å². The van der Waals surface area contributed by atoms with Crippen molar-refractivity contribution >= 4 is 16.6 Å². The van der Waals surface area contributed by atoms with Gasteiger partial charge in [-0.15, -0.1) is 0 Å². The van der Waals surface area contributed by atoms with Gasteiger partial charge in [0.2, 0.25) is 0 Å². The van der Waals surface area contributed by atoms with E-state index in [1.807, 2.05) is 42.6 Å². The summed E-state index contributed by atoms with van der Waals surface area (Å²) in [6, 6.07) is 14.0. The molecule has 0 unspecified atom stereocenters. The number of pyridine rings is 1. The summed E-state index contributed by atoms with van der Waals surface area (Å²) in [4.78, 5) is 4.34. The first kappa shape index (κ1) is 10.8. The summed E-state index contributed by atoms with van der Waals surface area (Å²) in [6.45, 7) is 0.849. The smallest absolute Gasteiger partial charge is 0.105 e. The molecule has 3 aromatic rings. The van der Waals surface area contributed by atoms with E-state index in [2.05, 4.69) is 16.4 Å². The normalized spacial score (nSPS) is 10.7. The molecule has 0 fully saturated rings. The summed E-state index contributed by atoms with van der Waals surface area (Å²) in [7, 11) is 0. The Kier molecular flexibility index (Phi) is 2.96. The van der Waals surface area contributed by atoms with Crippen molar-refractivity contribution in [3.63, 3.8) is 0 Å². The molecule has 1 N–H and O–H groups in total. The highest BCUT2D eigenvalue weighted by molar-refractivity contribution is 5.90. The van der Waals surface area contributed by atoms with Gasteiger partial charge in [-0.1, -0.05) is 18.2 Å². The van der Waals surface area contributed by atoms with Crippen LogP contribution in [0.5, 0.6) is 0 Å². The highest BCUT2D eigenvalue weighted by atomic mass is 16.3. The molecule has 0 aliphatic carbocycles. The minimum absolute atomic E-state index is 0.849. The average Bonchev–Trinajstić information content (AvgIpc) is 2.92. The lowest BCUT2D eigenvalue weighted by Gasteiger charge is -2.08. The molecular weight excluding hydrogens is 224 g/mol. The number of nitrogens with zero attached hydrogens (tertiary/aromatic N) is 1. The van der Waals surface area contributed by atoms with Crippen LogP contribution in [0, 0.1) is 0 Å². The number of furan rings is 1. The lowest BCUT2D eigenvalue weighted by Crippen LogP contribution is -2.04. The third-order valence-corrected chi connectivity index (χ3v) is 2.92. The van der Waals surface area contributed by atoms with Crippen LogP contribution >= 0.6 is 0 Å². The van der Waals surface area contributed by atoms with E-state index in [1.54, 1.807) is 6.26 Å². The van der Waals surface area contributed by atoms with Gasteiger partial charge in [0.15, 0.2) is 0 Å². The zero-order valence-electron chi connectivity index (χ0n) is 9.97. The van der Waals surface area contributed by atoms with E-state index >= 15 is 0 Å². The predicted molar refractivity (Wildman–Crippen MR) is 72.6 cm³/mol. The second-order valence-corrected chi connectivity index (χ2v) is 4.13. The van der Waals surface area contributed by atoms with Gasteiger partial charge in [0.25, 0.3) is 0 Å². The number of hydrogen-bond donors (Lipinski definition) is 1. The first-order valence-electron chi connectivity index (χ1n) is 6.03. The minimum Gasteiger partial charge on any atom is -0.469 e. The molecule has 0 aliphatic heterocycles. The molecule has 3 nitrogen and oxygen atoms in total. The number of anilines is 1. The summed E-state index contributed by atoms with van der Waals surface area (Å²) in [6.07, 6.45) is 4.42. The summed E-state index contributed by atoms with van der Waals surface area (Å²) in [5.41, 5.74) is 2.13. The Labute approximate surface area is 105 Å². The Hall–Kier alpha value is -2.29. The predicted octanol–water partition coefficient (Wildman–Crippen LogP) is 3.48. The molecule has 0 radical (unpaired) electrons. The third kappa shape index (κ3) is 2.20. The Balaban J connectivity index is 1.74. The second kappa shape index (κ2) is 4.92. The van der Waals surface area contributed by atoms with Crippen LogP contribution in [-0.4, -0.2) is 11.5 Å². The standard InChI is InChI=1S/C15H14N2O/c1-2-6-14-13(5-1)15(8-10-17-14)16-9-7-12-4-3-11-18-12/h1-6,8,10-11H,7,9H2,(H,16,17). The lowest BCUT2D eigenvalue weighted by molar-refractivity contribution is 0.513. The molecule has 0 saturated carbocycles. The number of aromatic nitrogens is 1. The SMILES string of the molecule is c1coc(CCNc2ccnc3ccccc23)c1. The van der Waals surface area contributed by atoms with E-state index in [-0.39, 0.29) is 0 Å². The zero-order chi connectivity index (χ0) is 12.2. The van der Waals surface area contributed by atoms with Gasteiger partial charge in [0.1, 0.15) is 5.76 Å². The van der Waals surface area contributed by atoms with Gasteiger partial charge in [-0.05, 0) is 24.3 Å². The van der Waals surface area contributed by atoms with Crippen molar-refractivity contribution in [3.8, 4) is 0 Å². The molecule has 0 spiro atoms. The molecule has 0 bridgehead atoms. The van der Waals surface area contributed by atoms with E-state index in [1.165, 1.54) is 0 Å². The number of para-hydroxylation sites is 1. The lowest BCUT2D eigenvalue weighted by atomic mass is 10.2. The van der Waals surface area contributed by atoms with Crippen LogP contribution in [0.2, 0.25) is 0 Å². The third-order valence-electron chi connectivity index (χ3n) is 2.92. The fourth-order valence-corrected chi connectivity index (χ4v) is 2.03. The second-order valence-electron chi connectivity index (χ2n) is 4.13. The average molecular weight is 238 g/mol. The van der Waals surface area contributed by atoms with Crippen molar-refractivity contribution in [2.75, 3.05) is 11.9 Å². The maximum absolute atomic E-state index is 5.31. The molecule has 90 valence electrons. The van der Waals surface area contributed by atoms with Crippen LogP contribution in [0.4, 0.5) is 5.69 Å². The van der Waals surface area contributed by atoms with Gasteiger partial charge in [-0.3, -0.25) is 4.98 Å². The van der Waals surface area contributed by atoms with Crippen LogP contribution < -0.4 is 5.32 Å². The fraction of sp³-hybridized carbons (Fsp3) is 0.133. The molecule has 0 atom stereocenters. The number of rotatable bonds is 4. The van der Waals surface area contributed by atoms with Gasteiger partial charge in [0, 0.05) is 30.2 Å². The highest BCUT2D eigenvalue weighted by Crippen LogP contribution is 2.20. The van der Waals surface area contributed by atoms with Crippen molar-refractivity contribution < 1.29 is 4.42 Å². The minimum atomic E-state index is 0.849. The Bertz CT molecular complexity index is 627. The van der Waals surface area contributed by atoms with Crippen LogP contribution in [0.25, 0.3) is 10.9 Å². The van der Waals surface area contributed by atoms with E-state index in [0.29, 0.717) is 0 Å². The summed E-state index contributed by atoms with van der Waals surface area (Å²) < 4.78 is 5.31. The van der Waals surface area contributed by atoms with E-state index in [4.69, 9.17) is 4.42 Å². The number of nitrogens with one attached hydrogen (secondary N) is 1. The van der Waals surface area contributed by atoms with Crippen molar-refractivity contribution in [2.24, 2.45) is 0 Å². The fourth-order valence-electron chi connectivity index (χ4n) is 2.03. The molecular formula is C15H14N2O. The monoisotopic (exact) mass is 238 g/mol. The van der Waals surface area contributed by atoms with Crippen molar-refractivity contribution in [3.05, 3.63) is 60.7 Å². The van der Waals surface area contributed by atoms with Gasteiger partial charge in [-0.2, -0.15) is 0 Å². The Morgan fingerprint density at radius 2 is 2.00 bits per heavy atom. The topological polar surface area (TPSA) is 38.1 Å². The largest absolute Gasteiger partial charge is 0.469 e. The highest BCUT2D eigenvalue weighted by Gasteiger charge is 2.01. The van der Waals surface area contributed by atoms with Crippen molar-refractivity contribution in [2.45, 2.75) is 6.42 Å². The molecule has 2 heterocycles. The van der Waals surface area contributed by atoms with E-state index < -0.39 is 0 Å². The quantitative estimate of drug-likeness (QED) is 0.756. The van der Waals surface area contributed by atoms with E-state index in [9.17, 15) is 0 Å². The molecule has 3 heteroatoms. The Morgan fingerprint density at radius 3 is 2.89 bits per heavy atom. The van der Waals surface area contributed by atoms with Crippen molar-refractivity contribution in [1.29, 1.82) is 0 Å². The Morgan fingerprint density at radius 1 is 1.06 bits per heavy atom. The van der Waals surface area contributed by atoms with Crippen LogP contribution in [-0.2, 0) is 6.42 Å². The zero-order valence-corrected chi connectivity index (χ0v) is 9.97. The van der Waals surface area contributed by atoms with Gasteiger partial charge >= 0.3 is 0 Å². The number of benzene rings is 1. The maximum Gasteiger partial charge on any atom is 0.105 e. The summed E-state index contributed by atoms with van der Waals surface area (Å²) in [5.74, 6) is 1.00. The summed E-state index contributed by atoms with van der Waals surface area (Å²) >= 11 is 0. The number of fused-ring (bicyclic) bond motifs is 1. The maximum atomic E-state index is 5.31. The van der Waals surface area contributed by atoms with Crippen molar-refractivity contribution in [1.82, 2.24) is 4.98 Å². The first-order chi connectivity index (χ1) is 8.93. The molecule has 3 rings (SSSR count). The molecule has 2 aromatic heterocycles. The van der Waals surface area contributed by atoms with Crippen LogP contribution in [0.3, 0.4) is 0 Å².